The minimum absolute atomic E-state index is 0.282. The van der Waals surface area contributed by atoms with Gasteiger partial charge >= 0.3 is 0 Å². The number of ether oxygens (including phenoxy) is 1. The Labute approximate surface area is 60.6 Å². The lowest BCUT2D eigenvalue weighted by Gasteiger charge is -2.08. The topological polar surface area (TPSA) is 55.4 Å². The van der Waals surface area contributed by atoms with E-state index < -0.39 is 10.0 Å². The van der Waals surface area contributed by atoms with E-state index in [9.17, 15) is 8.42 Å². The van der Waals surface area contributed by atoms with Crippen LogP contribution in [0.4, 0.5) is 0 Å². The van der Waals surface area contributed by atoms with Crippen LogP contribution in [0.5, 0.6) is 0 Å². The number of hydrogen-bond donors (Lipinski definition) is 1. The normalized spacial score (nSPS) is 27.1. The van der Waals surface area contributed by atoms with Crippen molar-refractivity contribution in [2.24, 2.45) is 0 Å². The van der Waals surface area contributed by atoms with E-state index in [4.69, 9.17) is 4.74 Å². The second-order valence-electron chi connectivity index (χ2n) is 2.39. The van der Waals surface area contributed by atoms with E-state index in [1.807, 2.05) is 0 Å². The Balaban J connectivity index is 2.38. The molecule has 0 saturated carbocycles. The number of hydrogen-bond acceptors (Lipinski definition) is 3. The monoisotopic (exact) mass is 165 g/mol. The van der Waals surface area contributed by atoms with Crippen LogP contribution in [0.2, 0.25) is 0 Å². The summed E-state index contributed by atoms with van der Waals surface area (Å²) < 4.78 is 28.6. The maximum absolute atomic E-state index is 10.6. The van der Waals surface area contributed by atoms with E-state index >= 15 is 0 Å². The van der Waals surface area contributed by atoms with Crippen molar-refractivity contribution in [1.29, 1.82) is 0 Å². The summed E-state index contributed by atoms with van der Waals surface area (Å²) >= 11 is 0. The molecule has 1 N–H and O–H groups in total. The highest BCUT2D eigenvalue weighted by Crippen LogP contribution is 2.09. The summed E-state index contributed by atoms with van der Waals surface area (Å²) in [6, 6.07) is 0. The first-order valence-electron chi connectivity index (χ1n) is 3.17. The van der Waals surface area contributed by atoms with Gasteiger partial charge in [0, 0.05) is 6.61 Å². The molecule has 1 fully saturated rings. The number of sulfonamides is 1. The minimum atomic E-state index is -3.08. The molecule has 10 heavy (non-hydrogen) atoms. The van der Waals surface area contributed by atoms with Gasteiger partial charge in [0.05, 0.1) is 6.26 Å². The zero-order valence-electron chi connectivity index (χ0n) is 5.83. The van der Waals surface area contributed by atoms with Crippen molar-refractivity contribution in [2.45, 2.75) is 19.1 Å². The number of rotatable bonds is 2. The molecule has 0 aliphatic carbocycles. The molecule has 1 saturated heterocycles. The van der Waals surface area contributed by atoms with Crippen LogP contribution < -0.4 is 4.72 Å². The highest BCUT2D eigenvalue weighted by atomic mass is 32.2. The van der Waals surface area contributed by atoms with Gasteiger partial charge in [0.2, 0.25) is 10.0 Å². The maximum Gasteiger partial charge on any atom is 0.210 e. The van der Waals surface area contributed by atoms with Crippen molar-refractivity contribution in [3.63, 3.8) is 0 Å². The summed E-state index contributed by atoms with van der Waals surface area (Å²) in [5.41, 5.74) is 0. The lowest BCUT2D eigenvalue weighted by Crippen LogP contribution is -2.32. The van der Waals surface area contributed by atoms with E-state index in [2.05, 4.69) is 4.72 Å². The van der Waals surface area contributed by atoms with Gasteiger partial charge in [0.1, 0.15) is 6.23 Å². The maximum atomic E-state index is 10.6. The molecule has 0 unspecified atom stereocenters. The quantitative estimate of drug-likeness (QED) is 0.609. The van der Waals surface area contributed by atoms with Gasteiger partial charge in [-0.15, -0.1) is 0 Å². The van der Waals surface area contributed by atoms with Crippen LogP contribution in [0.25, 0.3) is 0 Å². The van der Waals surface area contributed by atoms with Crippen molar-refractivity contribution >= 4 is 10.0 Å². The van der Waals surface area contributed by atoms with Gasteiger partial charge < -0.3 is 4.74 Å². The smallest absolute Gasteiger partial charge is 0.210 e. The predicted molar refractivity (Wildman–Crippen MR) is 37.0 cm³/mol. The van der Waals surface area contributed by atoms with Gasteiger partial charge in [0.15, 0.2) is 0 Å². The molecule has 0 aromatic heterocycles. The van der Waals surface area contributed by atoms with E-state index in [1.165, 1.54) is 0 Å². The third-order valence-electron chi connectivity index (χ3n) is 1.28. The van der Waals surface area contributed by atoms with E-state index in [1.54, 1.807) is 0 Å². The average Bonchev–Trinajstić information content (AvgIpc) is 2.12. The lowest BCUT2D eigenvalue weighted by molar-refractivity contribution is 0.103. The molecule has 1 heterocycles. The third-order valence-corrected chi connectivity index (χ3v) is 1.97. The van der Waals surface area contributed by atoms with Crippen LogP contribution in [-0.2, 0) is 14.8 Å². The molecule has 0 amide bonds. The van der Waals surface area contributed by atoms with Crippen LogP contribution >= 0.6 is 0 Å². The summed E-state index contributed by atoms with van der Waals surface area (Å²) in [6.45, 7) is 0.660. The van der Waals surface area contributed by atoms with E-state index in [0.29, 0.717) is 6.61 Å². The first kappa shape index (κ1) is 7.97. The predicted octanol–water partition coefficient (Wildman–Crippen LogP) is -0.328. The van der Waals surface area contributed by atoms with Crippen LogP contribution in [-0.4, -0.2) is 27.5 Å². The van der Waals surface area contributed by atoms with Crippen molar-refractivity contribution in [2.75, 3.05) is 12.9 Å². The Kier molecular flexibility index (Phi) is 2.28. The molecule has 0 radical (unpaired) electrons. The number of nitrogens with one attached hydrogen (secondary N) is 1. The van der Waals surface area contributed by atoms with Crippen molar-refractivity contribution in [3.8, 4) is 0 Å². The van der Waals surface area contributed by atoms with Gasteiger partial charge in [0.25, 0.3) is 0 Å². The van der Waals surface area contributed by atoms with Gasteiger partial charge in [-0.2, -0.15) is 4.72 Å². The molecule has 0 spiro atoms. The molecule has 5 heteroatoms. The summed E-state index contributed by atoms with van der Waals surface area (Å²) in [4.78, 5) is 0. The standard InChI is InChI=1S/C5H11NO3S/c1-10(7,8)6-5-3-2-4-9-5/h5-6H,2-4H2,1H3/t5-/m1/s1. The van der Waals surface area contributed by atoms with E-state index in [0.717, 1.165) is 19.1 Å². The molecular weight excluding hydrogens is 154 g/mol. The molecule has 1 aliphatic rings. The zero-order chi connectivity index (χ0) is 7.61. The molecular formula is C5H11NO3S. The fourth-order valence-corrected chi connectivity index (χ4v) is 1.57. The van der Waals surface area contributed by atoms with Gasteiger partial charge in [-0.25, -0.2) is 8.42 Å². The molecule has 1 atom stereocenters. The summed E-state index contributed by atoms with van der Waals surface area (Å²) in [5.74, 6) is 0. The van der Waals surface area contributed by atoms with Crippen LogP contribution in [0.3, 0.4) is 0 Å². The molecule has 0 aromatic rings. The second-order valence-corrected chi connectivity index (χ2v) is 4.17. The Hall–Kier alpha value is -0.130. The summed E-state index contributed by atoms with van der Waals surface area (Å²) in [5, 5.41) is 0. The van der Waals surface area contributed by atoms with Gasteiger partial charge in [-0.3, -0.25) is 0 Å². The summed E-state index contributed by atoms with van der Waals surface area (Å²) in [7, 11) is -3.08. The van der Waals surface area contributed by atoms with Crippen LogP contribution in [0.15, 0.2) is 0 Å². The van der Waals surface area contributed by atoms with Crippen molar-refractivity contribution in [1.82, 2.24) is 4.72 Å². The molecule has 60 valence electrons. The highest BCUT2D eigenvalue weighted by molar-refractivity contribution is 7.88. The molecule has 4 nitrogen and oxygen atoms in total. The van der Waals surface area contributed by atoms with Crippen LogP contribution in [0, 0.1) is 0 Å². The average molecular weight is 165 g/mol. The summed E-state index contributed by atoms with van der Waals surface area (Å²) in [6.07, 6.45) is 2.57. The molecule has 1 rings (SSSR count). The van der Waals surface area contributed by atoms with Gasteiger partial charge in [-0.1, -0.05) is 0 Å². The first-order chi connectivity index (χ1) is 4.58. The lowest BCUT2D eigenvalue weighted by atomic mass is 10.3. The van der Waals surface area contributed by atoms with Crippen molar-refractivity contribution < 1.29 is 13.2 Å². The molecule has 0 bridgehead atoms. The Morgan fingerprint density at radius 3 is 2.70 bits per heavy atom. The van der Waals surface area contributed by atoms with E-state index in [-0.39, 0.29) is 6.23 Å². The fourth-order valence-electron chi connectivity index (χ4n) is 0.909. The Morgan fingerprint density at radius 1 is 1.60 bits per heavy atom. The fraction of sp³-hybridized carbons (Fsp3) is 1.00. The second kappa shape index (κ2) is 2.86. The highest BCUT2D eigenvalue weighted by Gasteiger charge is 2.18. The molecule has 1 aliphatic heterocycles. The Morgan fingerprint density at radius 2 is 2.30 bits per heavy atom. The largest absolute Gasteiger partial charge is 0.362 e. The third kappa shape index (κ3) is 2.64. The first-order valence-corrected chi connectivity index (χ1v) is 5.06. The molecule has 0 aromatic carbocycles. The van der Waals surface area contributed by atoms with Crippen molar-refractivity contribution in [3.05, 3.63) is 0 Å². The zero-order valence-corrected chi connectivity index (χ0v) is 6.65. The van der Waals surface area contributed by atoms with Crippen LogP contribution in [0.1, 0.15) is 12.8 Å². The minimum Gasteiger partial charge on any atom is -0.362 e. The Bertz CT molecular complexity index is 193. The van der Waals surface area contributed by atoms with Gasteiger partial charge in [-0.05, 0) is 12.8 Å². The SMILES string of the molecule is CS(=O)(=O)N[C@H]1CCCO1.